The lowest BCUT2D eigenvalue weighted by molar-refractivity contribution is 0.280. The second kappa shape index (κ2) is 7.48. The summed E-state index contributed by atoms with van der Waals surface area (Å²) in [6.07, 6.45) is 5.71. The lowest BCUT2D eigenvalue weighted by Gasteiger charge is -2.30. The highest BCUT2D eigenvalue weighted by Gasteiger charge is 2.41. The van der Waals surface area contributed by atoms with Gasteiger partial charge in [-0.3, -0.25) is 4.98 Å². The zero-order valence-corrected chi connectivity index (χ0v) is 16.3. The third kappa shape index (κ3) is 3.45. The average molecular weight is 378 g/mol. The number of pyridine rings is 2. The Balaban J connectivity index is 1.81. The van der Waals surface area contributed by atoms with Crippen LogP contribution in [-0.4, -0.2) is 31.1 Å². The molecule has 1 aliphatic rings. The first kappa shape index (κ1) is 17.7. The Labute approximate surface area is 165 Å². The second-order valence-corrected chi connectivity index (χ2v) is 7.55. The summed E-state index contributed by atoms with van der Waals surface area (Å²) in [7, 11) is 0. The lowest BCUT2D eigenvalue weighted by Crippen LogP contribution is -2.33. The molecule has 27 heavy (non-hydrogen) atoms. The van der Waals surface area contributed by atoms with Gasteiger partial charge < -0.3 is 14.8 Å². The van der Waals surface area contributed by atoms with Crippen molar-refractivity contribution in [2.24, 2.45) is 5.92 Å². The molecular formula is C21H23N5S. The topological polar surface area (TPSA) is 46.0 Å². The minimum Gasteiger partial charge on any atom is -0.352 e. The maximum Gasteiger partial charge on any atom is 0.170 e. The van der Waals surface area contributed by atoms with E-state index in [-0.39, 0.29) is 12.1 Å². The molecule has 0 amide bonds. The Morgan fingerprint density at radius 2 is 1.81 bits per heavy atom. The van der Waals surface area contributed by atoms with Gasteiger partial charge in [0.25, 0.3) is 0 Å². The molecule has 0 saturated carbocycles. The molecule has 1 saturated heterocycles. The van der Waals surface area contributed by atoms with Gasteiger partial charge in [-0.05, 0) is 54.5 Å². The minimum absolute atomic E-state index is 0.00480. The van der Waals surface area contributed by atoms with Gasteiger partial charge in [-0.25, -0.2) is 4.98 Å². The first-order valence-electron chi connectivity index (χ1n) is 9.22. The van der Waals surface area contributed by atoms with Crippen molar-refractivity contribution < 1.29 is 0 Å². The van der Waals surface area contributed by atoms with E-state index in [2.05, 4.69) is 63.0 Å². The fourth-order valence-corrected chi connectivity index (χ4v) is 3.97. The average Bonchev–Trinajstić information content (AvgIpc) is 3.28. The first-order valence-corrected chi connectivity index (χ1v) is 9.62. The van der Waals surface area contributed by atoms with Crippen molar-refractivity contribution in [3.8, 4) is 5.82 Å². The van der Waals surface area contributed by atoms with Gasteiger partial charge in [0.05, 0.1) is 17.8 Å². The van der Waals surface area contributed by atoms with Gasteiger partial charge in [-0.2, -0.15) is 0 Å². The highest BCUT2D eigenvalue weighted by atomic mass is 32.1. The summed E-state index contributed by atoms with van der Waals surface area (Å²) in [4.78, 5) is 11.4. The number of rotatable bonds is 5. The molecule has 138 valence electrons. The Morgan fingerprint density at radius 3 is 2.48 bits per heavy atom. The summed E-state index contributed by atoms with van der Waals surface area (Å²) in [5.41, 5.74) is 2.14. The van der Waals surface area contributed by atoms with E-state index in [1.54, 1.807) is 0 Å². The summed E-state index contributed by atoms with van der Waals surface area (Å²) in [6, 6.07) is 16.2. The summed E-state index contributed by atoms with van der Waals surface area (Å²) in [5.74, 6) is 1.40. The maximum absolute atomic E-state index is 5.71. The number of aromatic nitrogens is 3. The molecule has 3 aromatic heterocycles. The molecule has 0 unspecified atom stereocenters. The van der Waals surface area contributed by atoms with Crippen molar-refractivity contribution in [2.75, 3.05) is 6.54 Å². The molecule has 1 aliphatic heterocycles. The van der Waals surface area contributed by atoms with E-state index in [0.29, 0.717) is 5.92 Å². The standard InChI is InChI=1S/C21H23N5S/c1-15(2)14-26-20(19(24-21(26)27)16-8-3-5-11-22-16)17-9-7-13-25(17)18-10-4-6-12-23-18/h3-13,15,19-20H,14H2,1-2H3,(H,24,27)/t19-,20-/m1/s1. The van der Waals surface area contributed by atoms with E-state index in [9.17, 15) is 0 Å². The molecule has 6 heteroatoms. The fourth-order valence-electron chi connectivity index (χ4n) is 3.66. The Morgan fingerprint density at radius 1 is 1.04 bits per heavy atom. The van der Waals surface area contributed by atoms with Crippen molar-refractivity contribution in [3.05, 3.63) is 78.5 Å². The summed E-state index contributed by atoms with van der Waals surface area (Å²) >= 11 is 5.71. The number of thiocarbonyl (C=S) groups is 1. The molecule has 1 fully saturated rings. The van der Waals surface area contributed by atoms with Gasteiger partial charge >= 0.3 is 0 Å². The highest BCUT2D eigenvalue weighted by Crippen LogP contribution is 2.39. The molecule has 0 bridgehead atoms. The van der Waals surface area contributed by atoms with Crippen LogP contribution < -0.4 is 5.32 Å². The van der Waals surface area contributed by atoms with Crippen molar-refractivity contribution in [2.45, 2.75) is 25.9 Å². The second-order valence-electron chi connectivity index (χ2n) is 7.16. The monoisotopic (exact) mass is 377 g/mol. The zero-order chi connectivity index (χ0) is 18.8. The van der Waals surface area contributed by atoms with Crippen molar-refractivity contribution in [1.29, 1.82) is 0 Å². The van der Waals surface area contributed by atoms with Crippen LogP contribution in [0.4, 0.5) is 0 Å². The van der Waals surface area contributed by atoms with E-state index in [4.69, 9.17) is 12.2 Å². The van der Waals surface area contributed by atoms with Crippen LogP contribution >= 0.6 is 12.2 Å². The molecule has 1 N–H and O–H groups in total. The van der Waals surface area contributed by atoms with E-state index in [1.165, 1.54) is 0 Å². The van der Waals surface area contributed by atoms with Crippen LogP contribution in [0.25, 0.3) is 5.82 Å². The van der Waals surface area contributed by atoms with E-state index >= 15 is 0 Å². The molecule has 0 radical (unpaired) electrons. The van der Waals surface area contributed by atoms with E-state index in [1.807, 2.05) is 42.7 Å². The van der Waals surface area contributed by atoms with Crippen LogP contribution in [0.3, 0.4) is 0 Å². The van der Waals surface area contributed by atoms with Crippen molar-refractivity contribution in [3.63, 3.8) is 0 Å². The predicted molar refractivity (Wildman–Crippen MR) is 111 cm³/mol. The summed E-state index contributed by atoms with van der Waals surface area (Å²) in [6.45, 7) is 5.31. The van der Waals surface area contributed by atoms with E-state index in [0.717, 1.165) is 28.9 Å². The van der Waals surface area contributed by atoms with Crippen LogP contribution in [-0.2, 0) is 0 Å². The number of nitrogens with zero attached hydrogens (tertiary/aromatic N) is 4. The molecule has 4 heterocycles. The Hall–Kier alpha value is -2.73. The van der Waals surface area contributed by atoms with Gasteiger partial charge in [0.1, 0.15) is 5.82 Å². The highest BCUT2D eigenvalue weighted by molar-refractivity contribution is 7.80. The molecule has 2 atom stereocenters. The molecule has 0 spiro atoms. The van der Waals surface area contributed by atoms with Crippen LogP contribution in [0.2, 0.25) is 0 Å². The molecule has 0 aromatic carbocycles. The van der Waals surface area contributed by atoms with Gasteiger partial charge in [0, 0.05) is 30.8 Å². The van der Waals surface area contributed by atoms with Crippen LogP contribution in [0.5, 0.6) is 0 Å². The molecule has 3 aromatic rings. The SMILES string of the molecule is CC(C)CN1C(=S)N[C@H](c2ccccn2)[C@H]1c1cccn1-c1ccccn1. The Kier molecular flexibility index (Phi) is 4.90. The largest absolute Gasteiger partial charge is 0.352 e. The summed E-state index contributed by atoms with van der Waals surface area (Å²) in [5, 5.41) is 4.28. The van der Waals surface area contributed by atoms with Crippen LogP contribution in [0, 0.1) is 5.92 Å². The quantitative estimate of drug-likeness (QED) is 0.684. The zero-order valence-electron chi connectivity index (χ0n) is 15.5. The maximum atomic E-state index is 5.71. The van der Waals surface area contributed by atoms with Crippen LogP contribution in [0.1, 0.15) is 37.3 Å². The predicted octanol–water partition coefficient (Wildman–Crippen LogP) is 3.90. The van der Waals surface area contributed by atoms with Gasteiger partial charge in [-0.1, -0.05) is 26.0 Å². The number of nitrogens with one attached hydrogen (secondary N) is 1. The third-order valence-electron chi connectivity index (χ3n) is 4.74. The van der Waals surface area contributed by atoms with Gasteiger partial charge in [0.15, 0.2) is 5.11 Å². The number of hydrogen-bond acceptors (Lipinski definition) is 3. The van der Waals surface area contributed by atoms with Gasteiger partial charge in [0.2, 0.25) is 0 Å². The fraction of sp³-hybridized carbons (Fsp3) is 0.286. The summed E-state index contributed by atoms with van der Waals surface area (Å²) < 4.78 is 2.14. The molecule has 0 aliphatic carbocycles. The smallest absolute Gasteiger partial charge is 0.170 e. The number of hydrogen-bond donors (Lipinski definition) is 1. The normalized spacial score (nSPS) is 19.5. The molecular weight excluding hydrogens is 354 g/mol. The van der Waals surface area contributed by atoms with E-state index < -0.39 is 0 Å². The molecule has 4 rings (SSSR count). The van der Waals surface area contributed by atoms with Gasteiger partial charge in [-0.15, -0.1) is 0 Å². The van der Waals surface area contributed by atoms with Crippen molar-refractivity contribution >= 4 is 17.3 Å². The molecule has 5 nitrogen and oxygen atoms in total. The van der Waals surface area contributed by atoms with Crippen molar-refractivity contribution in [1.82, 2.24) is 24.8 Å². The Bertz CT molecular complexity index is 907. The first-order chi connectivity index (χ1) is 13.1. The van der Waals surface area contributed by atoms with Crippen LogP contribution in [0.15, 0.2) is 67.1 Å². The lowest BCUT2D eigenvalue weighted by atomic mass is 10.0. The minimum atomic E-state index is -0.00480. The third-order valence-corrected chi connectivity index (χ3v) is 5.09.